The van der Waals surface area contributed by atoms with E-state index < -0.39 is 0 Å². The minimum Gasteiger partial charge on any atom is -0.487 e. The number of hydrogen-bond donors (Lipinski definition) is 1. The normalized spacial score (nSPS) is 20.3. The van der Waals surface area contributed by atoms with Gasteiger partial charge in [-0.1, -0.05) is 0 Å². The Bertz CT molecular complexity index is 461. The van der Waals surface area contributed by atoms with Gasteiger partial charge in [-0.2, -0.15) is 0 Å². The molecule has 1 heterocycles. The third-order valence-electron chi connectivity index (χ3n) is 3.92. The van der Waals surface area contributed by atoms with Crippen LogP contribution in [0.3, 0.4) is 0 Å². The Morgan fingerprint density at radius 3 is 2.82 bits per heavy atom. The summed E-state index contributed by atoms with van der Waals surface area (Å²) >= 11 is 0. The maximum absolute atomic E-state index is 11.6. The molecule has 2 aliphatic rings. The van der Waals surface area contributed by atoms with E-state index in [1.165, 1.54) is 18.4 Å². The molecule has 3 rings (SSSR count). The van der Waals surface area contributed by atoms with E-state index in [1.54, 1.807) is 0 Å². The smallest absolute Gasteiger partial charge is 0.176 e. The van der Waals surface area contributed by atoms with E-state index in [4.69, 9.17) is 10.5 Å². The molecule has 1 spiro atoms. The Kier molecular flexibility index (Phi) is 2.44. The van der Waals surface area contributed by atoms with E-state index in [9.17, 15) is 4.79 Å². The zero-order valence-corrected chi connectivity index (χ0v) is 9.87. The quantitative estimate of drug-likeness (QED) is 0.793. The molecule has 90 valence electrons. The van der Waals surface area contributed by atoms with Crippen LogP contribution in [0.5, 0.6) is 5.75 Å². The first kappa shape index (κ1) is 10.8. The summed E-state index contributed by atoms with van der Waals surface area (Å²) in [6.07, 6.45) is 5.74. The second kappa shape index (κ2) is 3.84. The fraction of sp³-hybridized carbons (Fsp3) is 0.500. The number of ether oxygens (including phenoxy) is 1. The van der Waals surface area contributed by atoms with Gasteiger partial charge in [0.05, 0.1) is 6.54 Å². The van der Waals surface area contributed by atoms with Crippen LogP contribution in [0.4, 0.5) is 0 Å². The van der Waals surface area contributed by atoms with Crippen LogP contribution < -0.4 is 10.5 Å². The molecule has 0 atom stereocenters. The topological polar surface area (TPSA) is 52.3 Å². The van der Waals surface area contributed by atoms with Crippen molar-refractivity contribution in [2.24, 2.45) is 5.73 Å². The molecule has 0 amide bonds. The molecular formula is C14H17NO2. The van der Waals surface area contributed by atoms with Crippen molar-refractivity contribution in [3.05, 3.63) is 29.3 Å². The third kappa shape index (κ3) is 1.75. The molecule has 2 N–H and O–H groups in total. The number of carbonyl (C=O) groups is 1. The third-order valence-corrected chi connectivity index (χ3v) is 3.92. The van der Waals surface area contributed by atoms with Gasteiger partial charge in [0.2, 0.25) is 0 Å². The van der Waals surface area contributed by atoms with Crippen molar-refractivity contribution in [1.29, 1.82) is 0 Å². The Labute approximate surface area is 101 Å². The van der Waals surface area contributed by atoms with Crippen LogP contribution in [0, 0.1) is 0 Å². The molecule has 1 saturated carbocycles. The summed E-state index contributed by atoms with van der Waals surface area (Å²) in [7, 11) is 0. The molecule has 1 aromatic carbocycles. The highest BCUT2D eigenvalue weighted by Gasteiger charge is 2.41. The van der Waals surface area contributed by atoms with Crippen LogP contribution in [0.15, 0.2) is 18.2 Å². The molecule has 1 aromatic rings. The van der Waals surface area contributed by atoms with Crippen LogP contribution in [0.2, 0.25) is 0 Å². The summed E-state index contributed by atoms with van der Waals surface area (Å²) in [6, 6.07) is 5.70. The molecule has 1 aliphatic carbocycles. The minimum absolute atomic E-state index is 0.000159. The molecule has 0 bridgehead atoms. The monoisotopic (exact) mass is 231 g/mol. The lowest BCUT2D eigenvalue weighted by molar-refractivity contribution is 0.100. The van der Waals surface area contributed by atoms with Gasteiger partial charge in [-0.15, -0.1) is 0 Å². The van der Waals surface area contributed by atoms with Crippen molar-refractivity contribution in [2.45, 2.75) is 37.7 Å². The summed E-state index contributed by atoms with van der Waals surface area (Å²) in [6.45, 7) is 0.0742. The van der Waals surface area contributed by atoms with Crippen molar-refractivity contribution in [3.63, 3.8) is 0 Å². The first-order valence-electron chi connectivity index (χ1n) is 6.28. The molecule has 0 unspecified atom stereocenters. The zero-order chi connectivity index (χ0) is 11.9. The molecule has 3 nitrogen and oxygen atoms in total. The first-order chi connectivity index (χ1) is 8.22. The SMILES string of the molecule is NCC(=O)c1ccc2c(c1)CC1(CCCC1)O2. The Balaban J connectivity index is 1.90. The summed E-state index contributed by atoms with van der Waals surface area (Å²) in [5.41, 5.74) is 7.30. The predicted octanol–water partition coefficient (Wildman–Crippen LogP) is 2.08. The van der Waals surface area contributed by atoms with Gasteiger partial charge in [0.15, 0.2) is 5.78 Å². The lowest BCUT2D eigenvalue weighted by Gasteiger charge is -2.22. The van der Waals surface area contributed by atoms with Gasteiger partial charge >= 0.3 is 0 Å². The number of Topliss-reactive ketones (excluding diaryl/α,β-unsaturated/α-hetero) is 1. The standard InChI is InChI=1S/C14H17NO2/c15-9-12(16)10-3-4-13-11(7-10)8-14(17-13)5-1-2-6-14/h3-4,7H,1-2,5-6,8-9,15H2. The molecule has 0 aromatic heterocycles. The van der Waals surface area contributed by atoms with Gasteiger partial charge in [0.1, 0.15) is 11.4 Å². The van der Waals surface area contributed by atoms with E-state index in [-0.39, 0.29) is 17.9 Å². The van der Waals surface area contributed by atoms with Crippen LogP contribution in [0.1, 0.15) is 41.6 Å². The van der Waals surface area contributed by atoms with E-state index in [2.05, 4.69) is 0 Å². The molecular weight excluding hydrogens is 214 g/mol. The molecule has 1 aliphatic heterocycles. The molecule has 0 saturated heterocycles. The van der Waals surface area contributed by atoms with Crippen molar-refractivity contribution >= 4 is 5.78 Å². The van der Waals surface area contributed by atoms with Gasteiger partial charge in [-0.25, -0.2) is 0 Å². The largest absolute Gasteiger partial charge is 0.487 e. The highest BCUT2D eigenvalue weighted by Crippen LogP contribution is 2.44. The number of fused-ring (bicyclic) bond motifs is 1. The van der Waals surface area contributed by atoms with E-state index >= 15 is 0 Å². The van der Waals surface area contributed by atoms with Crippen molar-refractivity contribution in [3.8, 4) is 5.75 Å². The lowest BCUT2D eigenvalue weighted by atomic mass is 9.94. The van der Waals surface area contributed by atoms with Gasteiger partial charge in [-0.05, 0) is 49.4 Å². The summed E-state index contributed by atoms with van der Waals surface area (Å²) in [4.78, 5) is 11.6. The summed E-state index contributed by atoms with van der Waals surface area (Å²) < 4.78 is 6.08. The van der Waals surface area contributed by atoms with Crippen LogP contribution in [-0.2, 0) is 6.42 Å². The summed E-state index contributed by atoms with van der Waals surface area (Å²) in [5.74, 6) is 0.959. The van der Waals surface area contributed by atoms with E-state index in [0.717, 1.165) is 25.0 Å². The highest BCUT2D eigenvalue weighted by atomic mass is 16.5. The van der Waals surface area contributed by atoms with Crippen LogP contribution in [0.25, 0.3) is 0 Å². The highest BCUT2D eigenvalue weighted by molar-refractivity contribution is 5.97. The Hall–Kier alpha value is -1.35. The predicted molar refractivity (Wildman–Crippen MR) is 65.4 cm³/mol. The maximum Gasteiger partial charge on any atom is 0.176 e. The first-order valence-corrected chi connectivity index (χ1v) is 6.28. The second-order valence-electron chi connectivity index (χ2n) is 5.12. The van der Waals surface area contributed by atoms with Gasteiger partial charge in [0.25, 0.3) is 0 Å². The zero-order valence-electron chi connectivity index (χ0n) is 9.87. The minimum atomic E-state index is 0.000159. The Morgan fingerprint density at radius 2 is 2.12 bits per heavy atom. The van der Waals surface area contributed by atoms with Crippen LogP contribution in [-0.4, -0.2) is 17.9 Å². The average Bonchev–Trinajstić information content (AvgIpc) is 2.94. The van der Waals surface area contributed by atoms with Crippen molar-refractivity contribution < 1.29 is 9.53 Å². The van der Waals surface area contributed by atoms with E-state index in [1.807, 2.05) is 18.2 Å². The molecule has 17 heavy (non-hydrogen) atoms. The number of hydrogen-bond acceptors (Lipinski definition) is 3. The van der Waals surface area contributed by atoms with Gasteiger partial charge < -0.3 is 10.5 Å². The van der Waals surface area contributed by atoms with E-state index in [0.29, 0.717) is 5.56 Å². The Morgan fingerprint density at radius 1 is 1.35 bits per heavy atom. The fourth-order valence-corrected chi connectivity index (χ4v) is 3.02. The lowest BCUT2D eigenvalue weighted by Crippen LogP contribution is -2.29. The second-order valence-corrected chi connectivity index (χ2v) is 5.12. The van der Waals surface area contributed by atoms with Crippen molar-refractivity contribution in [1.82, 2.24) is 0 Å². The molecule has 0 radical (unpaired) electrons. The van der Waals surface area contributed by atoms with Crippen molar-refractivity contribution in [2.75, 3.05) is 6.54 Å². The number of carbonyl (C=O) groups excluding carboxylic acids is 1. The number of ketones is 1. The number of nitrogens with two attached hydrogens (primary N) is 1. The molecule has 1 fully saturated rings. The van der Waals surface area contributed by atoms with Gasteiger partial charge in [0, 0.05) is 12.0 Å². The fourth-order valence-electron chi connectivity index (χ4n) is 3.02. The van der Waals surface area contributed by atoms with Gasteiger partial charge in [-0.3, -0.25) is 4.79 Å². The summed E-state index contributed by atoms with van der Waals surface area (Å²) in [5, 5.41) is 0. The number of benzene rings is 1. The maximum atomic E-state index is 11.6. The average molecular weight is 231 g/mol. The van der Waals surface area contributed by atoms with Crippen LogP contribution >= 0.6 is 0 Å². The number of rotatable bonds is 2. The molecule has 3 heteroatoms.